The number of anilines is 2. The first-order valence-corrected chi connectivity index (χ1v) is 10.6. The number of benzene rings is 2. The zero-order valence-corrected chi connectivity index (χ0v) is 18.8. The van der Waals surface area contributed by atoms with Gasteiger partial charge in [-0.25, -0.2) is 0 Å². The van der Waals surface area contributed by atoms with Crippen molar-refractivity contribution in [1.29, 1.82) is 0 Å². The van der Waals surface area contributed by atoms with Crippen molar-refractivity contribution in [3.8, 4) is 5.95 Å². The molecule has 174 valence electrons. The summed E-state index contributed by atoms with van der Waals surface area (Å²) < 4.78 is 5.94. The highest BCUT2D eigenvalue weighted by atomic mass is 32.1. The molecule has 1 aliphatic rings. The SMILES string of the molecule is C[n+]1noc([O-])c1CN1C(=S)N(c2ccccc2)C(=O)C1CC(=O)Nc1ccc(C(N)=O)cc1. The second-order valence-corrected chi connectivity index (χ2v) is 7.93. The summed E-state index contributed by atoms with van der Waals surface area (Å²) in [6, 6.07) is 13.9. The summed E-state index contributed by atoms with van der Waals surface area (Å²) in [5, 5.41) is 18.5. The number of hydrogen-bond donors (Lipinski definition) is 2. The first-order chi connectivity index (χ1) is 16.3. The Balaban J connectivity index is 1.59. The third-order valence-electron chi connectivity index (χ3n) is 5.36. The number of para-hydroxylation sites is 1. The number of amides is 3. The number of nitrogens with two attached hydrogens (primary N) is 1. The summed E-state index contributed by atoms with van der Waals surface area (Å²) in [7, 11) is 1.54. The van der Waals surface area contributed by atoms with Gasteiger partial charge in [0, 0.05) is 11.3 Å². The lowest BCUT2D eigenvalue weighted by Crippen LogP contribution is -2.42. The summed E-state index contributed by atoms with van der Waals surface area (Å²) in [6.07, 6.45) is -0.233. The molecule has 1 saturated heterocycles. The van der Waals surface area contributed by atoms with Gasteiger partial charge in [-0.15, -0.1) is 0 Å². The van der Waals surface area contributed by atoms with Gasteiger partial charge in [0.2, 0.25) is 11.8 Å². The first kappa shape index (κ1) is 22.9. The van der Waals surface area contributed by atoms with E-state index in [-0.39, 0.29) is 23.8 Å². The molecule has 1 aliphatic heterocycles. The zero-order chi connectivity index (χ0) is 24.4. The molecule has 1 atom stereocenters. The molecule has 11 nitrogen and oxygen atoms in total. The average molecular weight is 481 g/mol. The number of rotatable bonds is 7. The lowest BCUT2D eigenvalue weighted by Gasteiger charge is -2.22. The van der Waals surface area contributed by atoms with Gasteiger partial charge in [-0.05, 0) is 48.6 Å². The fourth-order valence-electron chi connectivity index (χ4n) is 3.59. The van der Waals surface area contributed by atoms with E-state index in [4.69, 9.17) is 18.0 Å². The van der Waals surface area contributed by atoms with Crippen LogP contribution in [0.15, 0.2) is 59.1 Å². The van der Waals surface area contributed by atoms with Gasteiger partial charge >= 0.3 is 0 Å². The van der Waals surface area contributed by atoms with Crippen molar-refractivity contribution in [3.05, 3.63) is 65.9 Å². The molecule has 0 saturated carbocycles. The van der Waals surface area contributed by atoms with Crippen LogP contribution in [0.1, 0.15) is 22.5 Å². The molecule has 0 radical (unpaired) electrons. The van der Waals surface area contributed by atoms with Crippen LogP contribution in [-0.2, 0) is 23.2 Å². The van der Waals surface area contributed by atoms with Crippen LogP contribution < -0.4 is 25.7 Å². The highest BCUT2D eigenvalue weighted by Crippen LogP contribution is 2.29. The quantitative estimate of drug-likeness (QED) is 0.360. The molecule has 3 aromatic rings. The van der Waals surface area contributed by atoms with Crippen LogP contribution in [0, 0.1) is 0 Å². The fraction of sp³-hybridized carbons (Fsp3) is 0.182. The predicted molar refractivity (Wildman–Crippen MR) is 121 cm³/mol. The molecular weight excluding hydrogens is 460 g/mol. The second kappa shape index (κ2) is 9.27. The number of nitrogens with one attached hydrogen (secondary N) is 1. The van der Waals surface area contributed by atoms with Crippen molar-refractivity contribution >= 4 is 46.4 Å². The Kier molecular flexibility index (Phi) is 6.23. The standard InChI is InChI=1S/C22H20N6O5S/c1-26-17(21(32)33-25-26)12-27-16(20(31)28(22(27)34)15-5-3-2-4-6-15)11-18(29)24-14-9-7-13(8-10-14)19(23)30/h2-10,16H,11-12H2,1H3,(H3-,23,24,25,29,30,32). The third-order valence-corrected chi connectivity index (χ3v) is 5.77. The van der Waals surface area contributed by atoms with Gasteiger partial charge in [0.05, 0.1) is 17.4 Å². The topological polar surface area (TPSA) is 149 Å². The van der Waals surface area contributed by atoms with Crippen molar-refractivity contribution in [3.63, 3.8) is 0 Å². The van der Waals surface area contributed by atoms with Gasteiger partial charge in [-0.3, -0.25) is 19.3 Å². The Morgan fingerprint density at radius 2 is 1.88 bits per heavy atom. The predicted octanol–water partition coefficient (Wildman–Crippen LogP) is 0.203. The van der Waals surface area contributed by atoms with Crippen LogP contribution >= 0.6 is 12.2 Å². The minimum Gasteiger partial charge on any atom is -0.539 e. The normalized spacial score (nSPS) is 15.6. The molecule has 0 bridgehead atoms. The monoisotopic (exact) mass is 480 g/mol. The van der Waals surface area contributed by atoms with Gasteiger partial charge < -0.3 is 25.6 Å². The van der Waals surface area contributed by atoms with E-state index in [0.29, 0.717) is 16.9 Å². The summed E-state index contributed by atoms with van der Waals surface area (Å²) in [4.78, 5) is 40.3. The minimum absolute atomic E-state index is 0.0714. The third kappa shape index (κ3) is 4.43. The van der Waals surface area contributed by atoms with Crippen molar-refractivity contribution in [2.24, 2.45) is 12.8 Å². The van der Waals surface area contributed by atoms with E-state index in [1.54, 1.807) is 30.3 Å². The lowest BCUT2D eigenvalue weighted by atomic mass is 10.1. The van der Waals surface area contributed by atoms with E-state index in [1.165, 1.54) is 45.8 Å². The van der Waals surface area contributed by atoms with Gasteiger partial charge in [0.1, 0.15) is 12.6 Å². The fourth-order valence-corrected chi connectivity index (χ4v) is 3.98. The number of hydrogen-bond acceptors (Lipinski definition) is 7. The molecule has 3 amide bonds. The van der Waals surface area contributed by atoms with Crippen LogP contribution in [-0.4, -0.2) is 39.0 Å². The van der Waals surface area contributed by atoms with Crippen LogP contribution in [0.3, 0.4) is 0 Å². The smallest absolute Gasteiger partial charge is 0.256 e. The molecule has 1 fully saturated rings. The number of carbonyl (C=O) groups excluding carboxylic acids is 3. The maximum absolute atomic E-state index is 13.4. The summed E-state index contributed by atoms with van der Waals surface area (Å²) in [5.41, 5.74) is 6.69. The van der Waals surface area contributed by atoms with Gasteiger partial charge in [0.25, 0.3) is 11.6 Å². The van der Waals surface area contributed by atoms with Crippen LogP contribution in [0.2, 0.25) is 0 Å². The van der Waals surface area contributed by atoms with Crippen LogP contribution in [0.25, 0.3) is 0 Å². The minimum atomic E-state index is -0.966. The average Bonchev–Trinajstić information content (AvgIpc) is 3.25. The van der Waals surface area contributed by atoms with E-state index in [9.17, 15) is 19.5 Å². The molecule has 0 aliphatic carbocycles. The summed E-state index contributed by atoms with van der Waals surface area (Å²) in [5.74, 6) is -2.10. The maximum Gasteiger partial charge on any atom is 0.256 e. The lowest BCUT2D eigenvalue weighted by molar-refractivity contribution is -0.746. The van der Waals surface area contributed by atoms with E-state index in [0.717, 1.165) is 0 Å². The second-order valence-electron chi connectivity index (χ2n) is 7.56. The van der Waals surface area contributed by atoms with Gasteiger partial charge in [-0.1, -0.05) is 22.9 Å². The number of carbonyl (C=O) groups is 3. The van der Waals surface area contributed by atoms with E-state index < -0.39 is 29.7 Å². The van der Waals surface area contributed by atoms with E-state index in [2.05, 4.69) is 15.1 Å². The first-order valence-electron chi connectivity index (χ1n) is 10.2. The number of thiocarbonyl (C=S) groups is 1. The Hall–Kier alpha value is -4.32. The largest absolute Gasteiger partial charge is 0.539 e. The molecule has 1 unspecified atom stereocenters. The molecule has 0 spiro atoms. The van der Waals surface area contributed by atoms with Gasteiger partial charge in [-0.2, -0.15) is 0 Å². The maximum atomic E-state index is 13.4. The molecule has 2 heterocycles. The molecule has 4 rings (SSSR count). The van der Waals surface area contributed by atoms with Crippen molar-refractivity contribution in [1.82, 2.24) is 10.2 Å². The number of nitrogens with zero attached hydrogens (tertiary/aromatic N) is 4. The number of primary amides is 1. The highest BCUT2D eigenvalue weighted by molar-refractivity contribution is 7.80. The Bertz CT molecular complexity index is 1240. The van der Waals surface area contributed by atoms with Gasteiger partial charge in [0.15, 0.2) is 18.1 Å². The highest BCUT2D eigenvalue weighted by Gasteiger charge is 2.45. The molecular formula is C22H20N6O5S. The Morgan fingerprint density at radius 3 is 2.47 bits per heavy atom. The van der Waals surface area contributed by atoms with Crippen molar-refractivity contribution in [2.75, 3.05) is 10.2 Å². The molecule has 2 aromatic carbocycles. The summed E-state index contributed by atoms with van der Waals surface area (Å²) in [6.45, 7) is -0.0714. The van der Waals surface area contributed by atoms with E-state index >= 15 is 0 Å². The molecule has 1 aromatic heterocycles. The number of aryl methyl sites for hydroxylation is 1. The molecule has 3 N–H and O–H groups in total. The van der Waals surface area contributed by atoms with E-state index in [1.807, 2.05) is 0 Å². The van der Waals surface area contributed by atoms with Crippen LogP contribution in [0.5, 0.6) is 5.95 Å². The zero-order valence-electron chi connectivity index (χ0n) is 18.0. The van der Waals surface area contributed by atoms with Crippen LogP contribution in [0.4, 0.5) is 11.4 Å². The Morgan fingerprint density at radius 1 is 1.21 bits per heavy atom. The molecule has 12 heteroatoms. The van der Waals surface area contributed by atoms with Crippen molar-refractivity contribution in [2.45, 2.75) is 19.0 Å². The number of aromatic nitrogens is 2. The van der Waals surface area contributed by atoms with Crippen molar-refractivity contribution < 1.29 is 28.7 Å². The Labute approximate surface area is 199 Å². The summed E-state index contributed by atoms with van der Waals surface area (Å²) >= 11 is 5.57. The molecule has 34 heavy (non-hydrogen) atoms.